The van der Waals surface area contributed by atoms with Gasteiger partial charge in [-0.1, -0.05) is 67.6 Å². The van der Waals surface area contributed by atoms with Crippen LogP contribution in [0.4, 0.5) is 5.82 Å². The Labute approximate surface area is 164 Å². The Morgan fingerprint density at radius 2 is 1.67 bits per heavy atom. The van der Waals surface area contributed by atoms with E-state index in [-0.39, 0.29) is 6.04 Å². The molecule has 4 rings (SSSR count). The maximum Gasteiger partial charge on any atom is 0.139 e. The highest BCUT2D eigenvalue weighted by atomic mass is 32.1. The van der Waals surface area contributed by atoms with Crippen molar-refractivity contribution in [3.8, 4) is 0 Å². The smallest absolute Gasteiger partial charge is 0.139 e. The van der Waals surface area contributed by atoms with Gasteiger partial charge in [-0.15, -0.1) is 11.3 Å². The molecular weight excluding hydrogens is 350 g/mol. The summed E-state index contributed by atoms with van der Waals surface area (Å²) in [7, 11) is 0. The van der Waals surface area contributed by atoms with Gasteiger partial charge in [-0.3, -0.25) is 0 Å². The van der Waals surface area contributed by atoms with E-state index < -0.39 is 0 Å². The van der Waals surface area contributed by atoms with E-state index >= 15 is 0 Å². The first-order chi connectivity index (χ1) is 13.2. The van der Waals surface area contributed by atoms with Crippen molar-refractivity contribution >= 4 is 27.4 Å². The second-order valence-corrected chi connectivity index (χ2v) is 7.83. The number of fused-ring (bicyclic) bond motifs is 1. The standard InChI is InChI=1S/C23H23N3S/c1-3-19-15-20-22(24-16(2)18-12-8-5-9-13-18)25-21(26-23(20)27-19)14-17-10-6-4-7-11-17/h4-13,15-16H,3,14H2,1-2H3,(H,24,25,26). The van der Waals surface area contributed by atoms with Crippen LogP contribution in [0.5, 0.6) is 0 Å². The van der Waals surface area contributed by atoms with Gasteiger partial charge in [0, 0.05) is 17.3 Å². The number of rotatable bonds is 6. The van der Waals surface area contributed by atoms with E-state index in [0.29, 0.717) is 0 Å². The lowest BCUT2D eigenvalue weighted by Crippen LogP contribution is -2.10. The number of aryl methyl sites for hydroxylation is 1. The summed E-state index contributed by atoms with van der Waals surface area (Å²) >= 11 is 1.77. The normalized spacial score (nSPS) is 12.2. The molecule has 0 saturated carbocycles. The van der Waals surface area contributed by atoms with E-state index in [2.05, 4.69) is 73.8 Å². The van der Waals surface area contributed by atoms with Crippen molar-refractivity contribution in [3.05, 3.63) is 88.6 Å². The van der Waals surface area contributed by atoms with Gasteiger partial charge in [0.1, 0.15) is 16.5 Å². The lowest BCUT2D eigenvalue weighted by atomic mass is 10.1. The fourth-order valence-electron chi connectivity index (χ4n) is 3.19. The molecule has 136 valence electrons. The van der Waals surface area contributed by atoms with E-state index in [4.69, 9.17) is 9.97 Å². The Kier molecular flexibility index (Phi) is 5.16. The molecule has 0 bridgehead atoms. The van der Waals surface area contributed by atoms with Crippen LogP contribution in [0.15, 0.2) is 66.7 Å². The van der Waals surface area contributed by atoms with Gasteiger partial charge in [0.15, 0.2) is 0 Å². The first-order valence-corrected chi connectivity index (χ1v) is 10.2. The molecule has 0 radical (unpaired) electrons. The van der Waals surface area contributed by atoms with Crippen LogP contribution < -0.4 is 5.32 Å². The van der Waals surface area contributed by atoms with Gasteiger partial charge in [-0.2, -0.15) is 0 Å². The molecule has 2 aromatic heterocycles. The molecule has 0 amide bonds. The molecule has 0 aliphatic heterocycles. The van der Waals surface area contributed by atoms with Crippen molar-refractivity contribution < 1.29 is 0 Å². The molecule has 0 saturated heterocycles. The number of thiophene rings is 1. The number of aromatic nitrogens is 2. The predicted octanol–water partition coefficient (Wildman–Crippen LogP) is 6.02. The number of nitrogens with one attached hydrogen (secondary N) is 1. The molecule has 1 unspecified atom stereocenters. The molecule has 3 nitrogen and oxygen atoms in total. The van der Waals surface area contributed by atoms with Crippen LogP contribution in [0.1, 0.15) is 41.7 Å². The maximum atomic E-state index is 4.89. The first kappa shape index (κ1) is 17.7. The van der Waals surface area contributed by atoms with Crippen molar-refractivity contribution in [1.82, 2.24) is 9.97 Å². The minimum absolute atomic E-state index is 0.179. The van der Waals surface area contributed by atoms with Crippen LogP contribution in [0, 0.1) is 0 Å². The number of nitrogens with zero attached hydrogens (tertiary/aromatic N) is 2. The Balaban J connectivity index is 1.71. The number of benzene rings is 2. The number of hydrogen-bond donors (Lipinski definition) is 1. The van der Waals surface area contributed by atoms with Crippen molar-refractivity contribution in [2.45, 2.75) is 32.7 Å². The molecule has 0 spiro atoms. The molecule has 2 aromatic carbocycles. The van der Waals surface area contributed by atoms with Gasteiger partial charge in [0.05, 0.1) is 5.39 Å². The second-order valence-electron chi connectivity index (χ2n) is 6.71. The summed E-state index contributed by atoms with van der Waals surface area (Å²) in [6.45, 7) is 4.36. The summed E-state index contributed by atoms with van der Waals surface area (Å²) in [4.78, 5) is 12.1. The quantitative estimate of drug-likeness (QED) is 0.449. The van der Waals surface area contributed by atoms with Gasteiger partial charge in [-0.25, -0.2) is 9.97 Å². The zero-order valence-electron chi connectivity index (χ0n) is 15.6. The minimum atomic E-state index is 0.179. The van der Waals surface area contributed by atoms with E-state index in [0.717, 1.165) is 34.7 Å². The molecule has 0 fully saturated rings. The summed E-state index contributed by atoms with van der Waals surface area (Å²) in [6, 6.07) is 23.3. The monoisotopic (exact) mass is 373 g/mol. The highest BCUT2D eigenvalue weighted by Gasteiger charge is 2.14. The average molecular weight is 374 g/mol. The molecule has 0 aliphatic carbocycles. The molecule has 27 heavy (non-hydrogen) atoms. The zero-order chi connectivity index (χ0) is 18.6. The zero-order valence-corrected chi connectivity index (χ0v) is 16.5. The van der Waals surface area contributed by atoms with Crippen molar-refractivity contribution in [3.63, 3.8) is 0 Å². The molecule has 2 heterocycles. The van der Waals surface area contributed by atoms with Crippen LogP contribution in [0.2, 0.25) is 0 Å². The molecule has 1 N–H and O–H groups in total. The van der Waals surface area contributed by atoms with Gasteiger partial charge in [-0.05, 0) is 30.5 Å². The highest BCUT2D eigenvalue weighted by molar-refractivity contribution is 7.18. The number of anilines is 1. The van der Waals surface area contributed by atoms with Gasteiger partial charge < -0.3 is 5.32 Å². The number of hydrogen-bond acceptors (Lipinski definition) is 4. The topological polar surface area (TPSA) is 37.8 Å². The van der Waals surface area contributed by atoms with Gasteiger partial charge in [0.25, 0.3) is 0 Å². The van der Waals surface area contributed by atoms with Crippen LogP contribution in [0.25, 0.3) is 10.2 Å². The second kappa shape index (κ2) is 7.89. The summed E-state index contributed by atoms with van der Waals surface area (Å²) in [5.74, 6) is 1.79. The van der Waals surface area contributed by atoms with Gasteiger partial charge >= 0.3 is 0 Å². The summed E-state index contributed by atoms with van der Waals surface area (Å²) in [5, 5.41) is 4.74. The third-order valence-electron chi connectivity index (χ3n) is 4.70. The fraction of sp³-hybridized carbons (Fsp3) is 0.217. The van der Waals surface area contributed by atoms with Crippen molar-refractivity contribution in [2.75, 3.05) is 5.32 Å². The fourth-order valence-corrected chi connectivity index (χ4v) is 4.17. The predicted molar refractivity (Wildman–Crippen MR) is 115 cm³/mol. The van der Waals surface area contributed by atoms with Crippen molar-refractivity contribution in [1.29, 1.82) is 0 Å². The summed E-state index contributed by atoms with van der Waals surface area (Å²) in [5.41, 5.74) is 2.48. The molecule has 0 aliphatic rings. The average Bonchev–Trinajstić information content (AvgIpc) is 3.13. The third-order valence-corrected chi connectivity index (χ3v) is 5.87. The Morgan fingerprint density at radius 1 is 0.963 bits per heavy atom. The van der Waals surface area contributed by atoms with Crippen LogP contribution >= 0.6 is 11.3 Å². The SMILES string of the molecule is CCc1cc2c(NC(C)c3ccccc3)nc(Cc3ccccc3)nc2s1. The Morgan fingerprint density at radius 3 is 2.37 bits per heavy atom. The van der Waals surface area contributed by atoms with E-state index in [1.54, 1.807) is 11.3 Å². The van der Waals surface area contributed by atoms with E-state index in [1.165, 1.54) is 16.0 Å². The van der Waals surface area contributed by atoms with E-state index in [1.807, 2.05) is 12.1 Å². The molecular formula is C23H23N3S. The van der Waals surface area contributed by atoms with Crippen molar-refractivity contribution in [2.24, 2.45) is 0 Å². The first-order valence-electron chi connectivity index (χ1n) is 9.37. The van der Waals surface area contributed by atoms with Gasteiger partial charge in [0.2, 0.25) is 0 Å². The largest absolute Gasteiger partial charge is 0.363 e. The third kappa shape index (κ3) is 4.01. The van der Waals surface area contributed by atoms with E-state index in [9.17, 15) is 0 Å². The molecule has 4 aromatic rings. The van der Waals surface area contributed by atoms with Crippen LogP contribution in [-0.2, 0) is 12.8 Å². The molecule has 4 heteroatoms. The Bertz CT molecular complexity index is 1030. The van der Waals surface area contributed by atoms with Crippen LogP contribution in [-0.4, -0.2) is 9.97 Å². The Hall–Kier alpha value is -2.72. The highest BCUT2D eigenvalue weighted by Crippen LogP contribution is 2.31. The molecule has 1 atom stereocenters. The summed E-state index contributed by atoms with van der Waals surface area (Å²) < 4.78 is 0. The summed E-state index contributed by atoms with van der Waals surface area (Å²) in [6.07, 6.45) is 1.76. The lowest BCUT2D eigenvalue weighted by molar-refractivity contribution is 0.868. The lowest BCUT2D eigenvalue weighted by Gasteiger charge is -2.16. The maximum absolute atomic E-state index is 4.89. The minimum Gasteiger partial charge on any atom is -0.363 e. The van der Waals surface area contributed by atoms with Crippen LogP contribution in [0.3, 0.4) is 0 Å².